The van der Waals surface area contributed by atoms with Crippen molar-refractivity contribution < 1.29 is 13.2 Å². The van der Waals surface area contributed by atoms with Gasteiger partial charge in [-0.05, 0) is 30.2 Å². The summed E-state index contributed by atoms with van der Waals surface area (Å²) in [6, 6.07) is 14.9. The molecule has 1 aliphatic heterocycles. The first-order valence-corrected chi connectivity index (χ1v) is 12.3. The number of carbonyl (C=O) groups excluding carboxylic acids is 1. The van der Waals surface area contributed by atoms with Crippen molar-refractivity contribution in [2.75, 3.05) is 23.7 Å². The van der Waals surface area contributed by atoms with Crippen LogP contribution in [-0.4, -0.2) is 43.6 Å². The lowest BCUT2D eigenvalue weighted by atomic mass is 10.1. The van der Waals surface area contributed by atoms with Crippen molar-refractivity contribution in [3.05, 3.63) is 65.3 Å². The molecule has 0 saturated heterocycles. The van der Waals surface area contributed by atoms with Gasteiger partial charge in [0.15, 0.2) is 5.16 Å². The monoisotopic (exact) mass is 474 g/mol. The SMILES string of the molecule is CN1c2cc(Cl)ccc2-c2nc(SCC(=O)NCCc3ccccc3)ncc2S1(=O)=O. The first-order chi connectivity index (χ1) is 14.9. The van der Waals surface area contributed by atoms with Crippen molar-refractivity contribution in [2.45, 2.75) is 16.5 Å². The molecule has 2 heterocycles. The van der Waals surface area contributed by atoms with E-state index in [0.717, 1.165) is 23.7 Å². The van der Waals surface area contributed by atoms with Crippen LogP contribution in [-0.2, 0) is 21.2 Å². The van der Waals surface area contributed by atoms with Crippen molar-refractivity contribution in [1.82, 2.24) is 15.3 Å². The largest absolute Gasteiger partial charge is 0.355 e. The fourth-order valence-electron chi connectivity index (χ4n) is 3.22. The minimum Gasteiger partial charge on any atom is -0.355 e. The minimum absolute atomic E-state index is 0.0292. The molecular formula is C21H19ClN4O3S2. The number of thioether (sulfide) groups is 1. The molecule has 0 spiro atoms. The van der Waals surface area contributed by atoms with E-state index in [1.54, 1.807) is 18.2 Å². The maximum absolute atomic E-state index is 12.8. The lowest BCUT2D eigenvalue weighted by Gasteiger charge is -2.28. The summed E-state index contributed by atoms with van der Waals surface area (Å²) < 4.78 is 26.8. The number of carbonyl (C=O) groups is 1. The van der Waals surface area contributed by atoms with E-state index in [0.29, 0.717) is 33.7 Å². The average Bonchev–Trinajstić information content (AvgIpc) is 2.77. The van der Waals surface area contributed by atoms with Gasteiger partial charge < -0.3 is 5.32 Å². The first-order valence-electron chi connectivity index (χ1n) is 9.45. The quantitative estimate of drug-likeness (QED) is 0.435. The van der Waals surface area contributed by atoms with Crippen molar-refractivity contribution in [2.24, 2.45) is 0 Å². The predicted molar refractivity (Wildman–Crippen MR) is 122 cm³/mol. The fraction of sp³-hybridized carbons (Fsp3) is 0.190. The molecule has 1 amide bonds. The number of fused-ring (bicyclic) bond motifs is 3. The summed E-state index contributed by atoms with van der Waals surface area (Å²) >= 11 is 7.21. The number of halogens is 1. The Hall–Kier alpha value is -2.62. The second-order valence-corrected chi connectivity index (χ2v) is 10.2. The Kier molecular flexibility index (Phi) is 6.17. The van der Waals surface area contributed by atoms with Crippen LogP contribution in [0.1, 0.15) is 5.56 Å². The Morgan fingerprint density at radius 3 is 2.74 bits per heavy atom. The molecule has 0 atom stereocenters. The average molecular weight is 475 g/mol. The van der Waals surface area contributed by atoms with E-state index in [4.69, 9.17) is 11.6 Å². The van der Waals surface area contributed by atoms with Gasteiger partial charge in [0.2, 0.25) is 5.91 Å². The zero-order valence-corrected chi connectivity index (χ0v) is 19.0. The van der Waals surface area contributed by atoms with Crippen LogP contribution in [0.3, 0.4) is 0 Å². The Labute approximate surface area is 189 Å². The number of sulfonamides is 1. The van der Waals surface area contributed by atoms with Gasteiger partial charge in [0.05, 0.1) is 23.3 Å². The van der Waals surface area contributed by atoms with Crippen molar-refractivity contribution in [1.29, 1.82) is 0 Å². The Morgan fingerprint density at radius 2 is 1.97 bits per heavy atom. The topological polar surface area (TPSA) is 92.3 Å². The normalized spacial score (nSPS) is 13.9. The molecule has 0 bridgehead atoms. The van der Waals surface area contributed by atoms with Gasteiger partial charge in [-0.2, -0.15) is 0 Å². The number of nitrogens with zero attached hydrogens (tertiary/aromatic N) is 3. The highest BCUT2D eigenvalue weighted by atomic mass is 35.5. The molecule has 2 aromatic carbocycles. The number of benzene rings is 2. The Morgan fingerprint density at radius 1 is 1.19 bits per heavy atom. The molecule has 0 radical (unpaired) electrons. The Balaban J connectivity index is 1.46. The molecule has 0 saturated carbocycles. The number of rotatable bonds is 6. The van der Waals surface area contributed by atoms with Gasteiger partial charge in [-0.25, -0.2) is 18.4 Å². The molecule has 4 rings (SSSR count). The van der Waals surface area contributed by atoms with Gasteiger partial charge in [-0.3, -0.25) is 9.10 Å². The molecule has 0 unspecified atom stereocenters. The summed E-state index contributed by atoms with van der Waals surface area (Å²) in [4.78, 5) is 20.8. The highest BCUT2D eigenvalue weighted by molar-refractivity contribution is 7.99. The highest BCUT2D eigenvalue weighted by Crippen LogP contribution is 2.42. The molecule has 3 aromatic rings. The molecular weight excluding hydrogens is 456 g/mol. The van der Waals surface area contributed by atoms with E-state index in [9.17, 15) is 13.2 Å². The molecule has 1 aromatic heterocycles. The molecule has 160 valence electrons. The van der Waals surface area contributed by atoms with Crippen LogP contribution < -0.4 is 9.62 Å². The standard InChI is InChI=1S/C21H19ClN4O3S2/c1-26-17-11-15(22)7-8-16(17)20-18(31(26,28)29)12-24-21(25-20)30-13-19(27)23-10-9-14-5-3-2-4-6-14/h2-8,11-12H,9-10,13H2,1H3,(H,23,27). The lowest BCUT2D eigenvalue weighted by molar-refractivity contribution is -0.118. The number of amides is 1. The van der Waals surface area contributed by atoms with Gasteiger partial charge in [-0.1, -0.05) is 53.7 Å². The summed E-state index contributed by atoms with van der Waals surface area (Å²) in [7, 11) is -2.31. The van der Waals surface area contributed by atoms with Crippen molar-refractivity contribution in [3.8, 4) is 11.3 Å². The van der Waals surface area contributed by atoms with E-state index in [-0.39, 0.29) is 16.6 Å². The highest BCUT2D eigenvalue weighted by Gasteiger charge is 2.34. The predicted octanol–water partition coefficient (Wildman–Crippen LogP) is 3.39. The van der Waals surface area contributed by atoms with Crippen LogP contribution in [0.2, 0.25) is 5.02 Å². The van der Waals surface area contributed by atoms with Crippen LogP contribution in [0.5, 0.6) is 0 Å². The number of hydrogen-bond donors (Lipinski definition) is 1. The summed E-state index contributed by atoms with van der Waals surface area (Å²) in [6.45, 7) is 0.535. The second kappa shape index (κ2) is 8.86. The minimum atomic E-state index is -3.78. The van der Waals surface area contributed by atoms with Crippen LogP contribution in [0, 0.1) is 0 Å². The zero-order chi connectivity index (χ0) is 22.0. The molecule has 0 aliphatic carbocycles. The number of nitrogens with one attached hydrogen (secondary N) is 1. The molecule has 31 heavy (non-hydrogen) atoms. The van der Waals surface area contributed by atoms with E-state index in [2.05, 4.69) is 15.3 Å². The summed E-state index contributed by atoms with van der Waals surface area (Å²) in [5, 5.41) is 3.63. The van der Waals surface area contributed by atoms with Gasteiger partial charge in [0.25, 0.3) is 10.0 Å². The molecule has 1 aliphatic rings. The number of anilines is 1. The lowest BCUT2D eigenvalue weighted by Crippen LogP contribution is -2.31. The van der Waals surface area contributed by atoms with E-state index < -0.39 is 10.0 Å². The summed E-state index contributed by atoms with van der Waals surface area (Å²) in [5.41, 5.74) is 2.56. The summed E-state index contributed by atoms with van der Waals surface area (Å²) in [6.07, 6.45) is 2.04. The molecule has 1 N–H and O–H groups in total. The van der Waals surface area contributed by atoms with Gasteiger partial charge in [0.1, 0.15) is 4.90 Å². The van der Waals surface area contributed by atoms with Crippen LogP contribution in [0.15, 0.2) is 64.8 Å². The van der Waals surface area contributed by atoms with Crippen LogP contribution in [0.4, 0.5) is 5.69 Å². The van der Waals surface area contributed by atoms with Crippen LogP contribution in [0.25, 0.3) is 11.3 Å². The molecule has 10 heteroatoms. The zero-order valence-electron chi connectivity index (χ0n) is 16.6. The first kappa shape index (κ1) is 21.6. The third kappa shape index (κ3) is 4.53. The fourth-order valence-corrected chi connectivity index (χ4v) is 5.32. The molecule has 0 fully saturated rings. The van der Waals surface area contributed by atoms with Gasteiger partial charge in [-0.15, -0.1) is 0 Å². The van der Waals surface area contributed by atoms with Crippen LogP contribution >= 0.6 is 23.4 Å². The van der Waals surface area contributed by atoms with E-state index in [1.165, 1.54) is 17.5 Å². The van der Waals surface area contributed by atoms with E-state index >= 15 is 0 Å². The third-order valence-electron chi connectivity index (χ3n) is 4.84. The Bertz CT molecular complexity index is 1240. The van der Waals surface area contributed by atoms with Crippen molar-refractivity contribution in [3.63, 3.8) is 0 Å². The van der Waals surface area contributed by atoms with Gasteiger partial charge >= 0.3 is 0 Å². The summed E-state index contributed by atoms with van der Waals surface area (Å²) in [5.74, 6) is -0.00459. The smallest absolute Gasteiger partial charge is 0.267 e. The second-order valence-electron chi connectivity index (χ2n) is 6.87. The third-order valence-corrected chi connectivity index (χ3v) is 7.71. The molecule has 7 nitrogen and oxygen atoms in total. The maximum Gasteiger partial charge on any atom is 0.267 e. The number of aromatic nitrogens is 2. The maximum atomic E-state index is 12.8. The number of hydrogen-bond acceptors (Lipinski definition) is 6. The van der Waals surface area contributed by atoms with Crippen molar-refractivity contribution >= 4 is 45.0 Å². The van der Waals surface area contributed by atoms with Gasteiger partial charge in [0, 0.05) is 24.2 Å². The van der Waals surface area contributed by atoms with E-state index in [1.807, 2.05) is 30.3 Å².